The maximum Gasteiger partial charge on any atom is 0.416 e. The first-order valence-corrected chi connectivity index (χ1v) is 8.32. The molecule has 0 bridgehead atoms. The molecule has 140 valence electrons. The lowest BCUT2D eigenvalue weighted by Gasteiger charge is -2.09. The van der Waals surface area contributed by atoms with Crippen molar-refractivity contribution in [2.24, 2.45) is 0 Å². The van der Waals surface area contributed by atoms with E-state index in [1.807, 2.05) is 6.07 Å². The molecule has 3 rings (SSSR count). The summed E-state index contributed by atoms with van der Waals surface area (Å²) in [4.78, 5) is 16.5. The molecular formula is C19H17F3N4O. The van der Waals surface area contributed by atoms with E-state index >= 15 is 0 Å². The number of rotatable bonds is 5. The standard InChI is InChI=1S/C19H17F3N4O/c1-2-26-17(13-6-5-7-14(10-13)19(20,21)22)11-16(25-26)18(27)24-12-15-8-3-4-9-23-15/h3-11H,2,12H2,1H3,(H,24,27). The van der Waals surface area contributed by atoms with Crippen molar-refractivity contribution >= 4 is 5.91 Å². The number of halogens is 3. The SMILES string of the molecule is CCn1nc(C(=O)NCc2ccccn2)cc1-c1cccc(C(F)(F)F)c1. The van der Waals surface area contributed by atoms with Gasteiger partial charge < -0.3 is 5.32 Å². The lowest BCUT2D eigenvalue weighted by Crippen LogP contribution is -2.23. The number of benzene rings is 1. The van der Waals surface area contributed by atoms with Crippen molar-refractivity contribution in [1.82, 2.24) is 20.1 Å². The highest BCUT2D eigenvalue weighted by Gasteiger charge is 2.30. The topological polar surface area (TPSA) is 59.8 Å². The molecule has 27 heavy (non-hydrogen) atoms. The Labute approximate surface area is 153 Å². The van der Waals surface area contributed by atoms with Crippen molar-refractivity contribution in [2.45, 2.75) is 26.2 Å². The van der Waals surface area contributed by atoms with E-state index in [0.29, 0.717) is 23.5 Å². The van der Waals surface area contributed by atoms with Crippen molar-refractivity contribution < 1.29 is 18.0 Å². The molecule has 0 aliphatic rings. The van der Waals surface area contributed by atoms with E-state index in [9.17, 15) is 18.0 Å². The van der Waals surface area contributed by atoms with Crippen LogP contribution in [0.4, 0.5) is 13.2 Å². The first-order chi connectivity index (χ1) is 12.9. The van der Waals surface area contributed by atoms with Crippen LogP contribution in [0.25, 0.3) is 11.3 Å². The Morgan fingerprint density at radius 2 is 1.96 bits per heavy atom. The predicted molar refractivity (Wildman–Crippen MR) is 93.7 cm³/mol. The molecule has 0 atom stereocenters. The highest BCUT2D eigenvalue weighted by atomic mass is 19.4. The largest absolute Gasteiger partial charge is 0.416 e. The van der Waals surface area contributed by atoms with Crippen molar-refractivity contribution in [3.63, 3.8) is 0 Å². The van der Waals surface area contributed by atoms with E-state index in [2.05, 4.69) is 15.4 Å². The van der Waals surface area contributed by atoms with Gasteiger partial charge in [0.1, 0.15) is 0 Å². The molecule has 1 aromatic carbocycles. The summed E-state index contributed by atoms with van der Waals surface area (Å²) in [5.41, 5.74) is 0.888. The average molecular weight is 374 g/mol. The van der Waals surface area contributed by atoms with Crippen LogP contribution in [0.5, 0.6) is 0 Å². The van der Waals surface area contributed by atoms with E-state index in [4.69, 9.17) is 0 Å². The van der Waals surface area contributed by atoms with Crippen LogP contribution in [-0.2, 0) is 19.3 Å². The van der Waals surface area contributed by atoms with E-state index < -0.39 is 17.6 Å². The average Bonchev–Trinajstić information content (AvgIpc) is 3.11. The number of carbonyl (C=O) groups is 1. The summed E-state index contributed by atoms with van der Waals surface area (Å²) < 4.78 is 40.4. The fourth-order valence-electron chi connectivity index (χ4n) is 2.62. The molecule has 1 amide bonds. The summed E-state index contributed by atoms with van der Waals surface area (Å²) in [5.74, 6) is -0.416. The van der Waals surface area contributed by atoms with Gasteiger partial charge in [0.15, 0.2) is 5.69 Å². The van der Waals surface area contributed by atoms with Crippen LogP contribution in [0.1, 0.15) is 28.7 Å². The Morgan fingerprint density at radius 3 is 2.63 bits per heavy atom. The highest BCUT2D eigenvalue weighted by molar-refractivity contribution is 5.93. The third kappa shape index (κ3) is 4.33. The Morgan fingerprint density at radius 1 is 1.15 bits per heavy atom. The quantitative estimate of drug-likeness (QED) is 0.737. The van der Waals surface area contributed by atoms with Gasteiger partial charge in [-0.1, -0.05) is 18.2 Å². The van der Waals surface area contributed by atoms with E-state index in [-0.39, 0.29) is 12.2 Å². The summed E-state index contributed by atoms with van der Waals surface area (Å²) in [5, 5.41) is 6.92. The lowest BCUT2D eigenvalue weighted by atomic mass is 10.1. The summed E-state index contributed by atoms with van der Waals surface area (Å²) in [7, 11) is 0. The molecule has 5 nitrogen and oxygen atoms in total. The first-order valence-electron chi connectivity index (χ1n) is 8.32. The number of hydrogen-bond donors (Lipinski definition) is 1. The smallest absolute Gasteiger partial charge is 0.345 e. The Bertz CT molecular complexity index is 936. The molecule has 0 aliphatic heterocycles. The Kier molecular flexibility index (Phi) is 5.25. The van der Waals surface area contributed by atoms with Crippen LogP contribution in [0.2, 0.25) is 0 Å². The van der Waals surface area contributed by atoms with Gasteiger partial charge in [-0.2, -0.15) is 18.3 Å². The molecule has 0 aliphatic carbocycles. The van der Waals surface area contributed by atoms with Gasteiger partial charge in [0, 0.05) is 18.3 Å². The van der Waals surface area contributed by atoms with E-state index in [1.54, 1.807) is 31.3 Å². The molecule has 0 radical (unpaired) electrons. The molecule has 0 fully saturated rings. The van der Waals surface area contributed by atoms with Gasteiger partial charge in [-0.05, 0) is 37.3 Å². The molecule has 2 aromatic heterocycles. The third-order valence-electron chi connectivity index (χ3n) is 3.95. The van der Waals surface area contributed by atoms with Crippen LogP contribution >= 0.6 is 0 Å². The fourth-order valence-corrected chi connectivity index (χ4v) is 2.62. The van der Waals surface area contributed by atoms with Crippen LogP contribution in [0, 0.1) is 0 Å². The molecule has 0 spiro atoms. The van der Waals surface area contributed by atoms with Crippen LogP contribution < -0.4 is 5.32 Å². The molecule has 1 N–H and O–H groups in total. The monoisotopic (exact) mass is 374 g/mol. The molecule has 0 saturated heterocycles. The van der Waals surface area contributed by atoms with Gasteiger partial charge in [-0.15, -0.1) is 0 Å². The number of amides is 1. The van der Waals surface area contributed by atoms with Crippen molar-refractivity contribution in [3.8, 4) is 11.3 Å². The van der Waals surface area contributed by atoms with E-state index in [1.165, 1.54) is 16.8 Å². The minimum atomic E-state index is -4.43. The van der Waals surface area contributed by atoms with Crippen molar-refractivity contribution in [3.05, 3.63) is 71.7 Å². The van der Waals surface area contributed by atoms with Crippen molar-refractivity contribution in [2.75, 3.05) is 0 Å². The second-order valence-corrected chi connectivity index (χ2v) is 5.81. The zero-order chi connectivity index (χ0) is 19.4. The zero-order valence-corrected chi connectivity index (χ0v) is 14.5. The molecule has 8 heteroatoms. The highest BCUT2D eigenvalue weighted by Crippen LogP contribution is 2.32. The molecule has 0 saturated carbocycles. The number of carbonyl (C=O) groups excluding carboxylic acids is 1. The first kappa shape index (κ1) is 18.6. The minimum Gasteiger partial charge on any atom is -0.345 e. The number of nitrogens with zero attached hydrogens (tertiary/aromatic N) is 3. The number of nitrogens with one attached hydrogen (secondary N) is 1. The molecule has 3 aromatic rings. The van der Waals surface area contributed by atoms with Crippen LogP contribution in [0.3, 0.4) is 0 Å². The Balaban J connectivity index is 1.84. The molecule has 2 heterocycles. The van der Waals surface area contributed by atoms with Gasteiger partial charge in [0.05, 0.1) is 23.5 Å². The van der Waals surface area contributed by atoms with Crippen LogP contribution in [-0.4, -0.2) is 20.7 Å². The van der Waals surface area contributed by atoms with E-state index in [0.717, 1.165) is 12.1 Å². The van der Waals surface area contributed by atoms with Gasteiger partial charge in [0.2, 0.25) is 0 Å². The van der Waals surface area contributed by atoms with Crippen LogP contribution in [0.15, 0.2) is 54.7 Å². The number of alkyl halides is 3. The summed E-state index contributed by atoms with van der Waals surface area (Å²) in [6.07, 6.45) is -2.81. The summed E-state index contributed by atoms with van der Waals surface area (Å²) >= 11 is 0. The van der Waals surface area contributed by atoms with Gasteiger partial charge in [-0.3, -0.25) is 14.5 Å². The fraction of sp³-hybridized carbons (Fsp3) is 0.211. The Hall–Kier alpha value is -3.16. The lowest BCUT2D eigenvalue weighted by molar-refractivity contribution is -0.137. The van der Waals surface area contributed by atoms with Gasteiger partial charge in [-0.25, -0.2) is 0 Å². The van der Waals surface area contributed by atoms with Gasteiger partial charge >= 0.3 is 6.18 Å². The maximum absolute atomic E-state index is 13.0. The normalized spacial score (nSPS) is 11.4. The molecular weight excluding hydrogens is 357 g/mol. The summed E-state index contributed by atoms with van der Waals surface area (Å²) in [6, 6.07) is 11.8. The van der Waals surface area contributed by atoms with Gasteiger partial charge in [0.25, 0.3) is 5.91 Å². The molecule has 0 unspecified atom stereocenters. The second kappa shape index (κ2) is 7.61. The maximum atomic E-state index is 13.0. The minimum absolute atomic E-state index is 0.139. The number of pyridine rings is 1. The predicted octanol–water partition coefficient (Wildman–Crippen LogP) is 3.91. The number of aryl methyl sites for hydroxylation is 1. The zero-order valence-electron chi connectivity index (χ0n) is 14.5. The third-order valence-corrected chi connectivity index (χ3v) is 3.95. The second-order valence-electron chi connectivity index (χ2n) is 5.81. The van der Waals surface area contributed by atoms with Crippen molar-refractivity contribution in [1.29, 1.82) is 0 Å². The number of aromatic nitrogens is 3. The summed E-state index contributed by atoms with van der Waals surface area (Å²) in [6.45, 7) is 2.45. The number of hydrogen-bond acceptors (Lipinski definition) is 3.